The molecular weight excluding hydrogens is 484 g/mol. The molecule has 0 bridgehead atoms. The van der Waals surface area contributed by atoms with Crippen molar-refractivity contribution in [1.29, 1.82) is 0 Å². The average molecular weight is 504 g/mol. The van der Waals surface area contributed by atoms with Gasteiger partial charge in [0, 0.05) is 14.6 Å². The summed E-state index contributed by atoms with van der Waals surface area (Å²) in [5, 5.41) is 4.59. The summed E-state index contributed by atoms with van der Waals surface area (Å²) in [6.45, 7) is 0. The SMILES string of the molecule is CSC1=NC(c2ccc(Br)cc2)C2=C(N1)/C(=C/c1ccc(Br)cc1)CCC2. The summed E-state index contributed by atoms with van der Waals surface area (Å²) in [6, 6.07) is 17.2. The minimum absolute atomic E-state index is 0.102. The Morgan fingerprint density at radius 3 is 2.33 bits per heavy atom. The van der Waals surface area contributed by atoms with Crippen LogP contribution in [-0.4, -0.2) is 11.4 Å². The van der Waals surface area contributed by atoms with Crippen molar-refractivity contribution in [3.05, 3.63) is 85.4 Å². The highest BCUT2D eigenvalue weighted by molar-refractivity contribution is 9.10. The first-order valence-corrected chi connectivity index (χ1v) is 11.8. The van der Waals surface area contributed by atoms with Crippen molar-refractivity contribution in [2.24, 2.45) is 4.99 Å². The zero-order valence-corrected chi connectivity index (χ0v) is 19.0. The monoisotopic (exact) mass is 502 g/mol. The fraction of sp³-hybridized carbons (Fsp3) is 0.227. The fourth-order valence-corrected chi connectivity index (χ4v) is 4.57. The first kappa shape index (κ1) is 19.0. The third-order valence-electron chi connectivity index (χ3n) is 4.93. The summed E-state index contributed by atoms with van der Waals surface area (Å²) >= 11 is 8.73. The number of nitrogens with one attached hydrogen (secondary N) is 1. The number of aliphatic imine (C=N–C) groups is 1. The van der Waals surface area contributed by atoms with Gasteiger partial charge in [-0.15, -0.1) is 0 Å². The molecule has 0 amide bonds. The van der Waals surface area contributed by atoms with Gasteiger partial charge in [0.2, 0.25) is 0 Å². The van der Waals surface area contributed by atoms with Gasteiger partial charge in [-0.05, 0) is 78.1 Å². The molecule has 2 nitrogen and oxygen atoms in total. The molecule has 0 radical (unpaired) electrons. The fourth-order valence-electron chi connectivity index (χ4n) is 3.62. The van der Waals surface area contributed by atoms with Crippen LogP contribution in [-0.2, 0) is 0 Å². The first-order chi connectivity index (χ1) is 13.1. The zero-order chi connectivity index (χ0) is 18.8. The van der Waals surface area contributed by atoms with E-state index in [0.717, 1.165) is 27.0 Å². The van der Waals surface area contributed by atoms with E-state index in [1.165, 1.54) is 34.4 Å². The van der Waals surface area contributed by atoms with Gasteiger partial charge in [-0.1, -0.05) is 67.9 Å². The topological polar surface area (TPSA) is 24.4 Å². The van der Waals surface area contributed by atoms with Crippen LogP contribution in [0.2, 0.25) is 0 Å². The van der Waals surface area contributed by atoms with Crippen molar-refractivity contribution >= 4 is 54.9 Å². The van der Waals surface area contributed by atoms with Crippen molar-refractivity contribution in [2.75, 3.05) is 6.26 Å². The zero-order valence-electron chi connectivity index (χ0n) is 15.0. The number of allylic oxidation sites excluding steroid dienone is 1. The number of benzene rings is 2. The molecule has 1 N–H and O–H groups in total. The molecule has 138 valence electrons. The van der Waals surface area contributed by atoms with E-state index in [9.17, 15) is 0 Å². The van der Waals surface area contributed by atoms with Gasteiger partial charge in [-0.25, -0.2) is 4.99 Å². The van der Waals surface area contributed by atoms with E-state index in [0.29, 0.717) is 0 Å². The molecule has 1 aliphatic heterocycles. The first-order valence-electron chi connectivity index (χ1n) is 8.98. The highest BCUT2D eigenvalue weighted by Crippen LogP contribution is 2.41. The van der Waals surface area contributed by atoms with Crippen LogP contribution in [0.4, 0.5) is 0 Å². The number of hydrogen-bond acceptors (Lipinski definition) is 3. The van der Waals surface area contributed by atoms with Crippen LogP contribution >= 0.6 is 43.6 Å². The Labute approximate surface area is 181 Å². The van der Waals surface area contributed by atoms with Crippen LogP contribution in [0.5, 0.6) is 0 Å². The maximum Gasteiger partial charge on any atom is 0.161 e. The van der Waals surface area contributed by atoms with E-state index in [4.69, 9.17) is 4.99 Å². The van der Waals surface area contributed by atoms with Crippen LogP contribution in [0.15, 0.2) is 79.3 Å². The van der Waals surface area contributed by atoms with E-state index in [1.54, 1.807) is 11.8 Å². The third kappa shape index (κ3) is 4.25. The lowest BCUT2D eigenvalue weighted by Crippen LogP contribution is -2.30. The Bertz CT molecular complexity index is 928. The number of nitrogens with zero attached hydrogens (tertiary/aromatic N) is 1. The molecule has 2 aromatic rings. The molecule has 0 aromatic heterocycles. The maximum atomic E-state index is 5.00. The molecule has 1 heterocycles. The predicted molar refractivity (Wildman–Crippen MR) is 124 cm³/mol. The van der Waals surface area contributed by atoms with Crippen molar-refractivity contribution in [3.8, 4) is 0 Å². The molecule has 0 saturated heterocycles. The molecule has 4 rings (SSSR count). The van der Waals surface area contributed by atoms with Crippen LogP contribution in [0.25, 0.3) is 6.08 Å². The molecular formula is C22H20Br2N2S. The summed E-state index contributed by atoms with van der Waals surface area (Å²) in [5.74, 6) is 0. The molecule has 1 aliphatic carbocycles. The summed E-state index contributed by atoms with van der Waals surface area (Å²) in [5.41, 5.74) is 6.55. The molecule has 0 saturated carbocycles. The van der Waals surface area contributed by atoms with Gasteiger partial charge in [-0.3, -0.25) is 0 Å². The maximum absolute atomic E-state index is 5.00. The van der Waals surface area contributed by atoms with Crippen LogP contribution in [0.3, 0.4) is 0 Å². The van der Waals surface area contributed by atoms with Gasteiger partial charge in [-0.2, -0.15) is 0 Å². The summed E-state index contributed by atoms with van der Waals surface area (Å²) in [6.07, 6.45) is 7.75. The standard InChI is InChI=1S/C22H20Br2N2S/c1-27-22-25-20(15-7-11-18(24)12-8-15)19-4-2-3-16(21(19)26-22)13-14-5-9-17(23)10-6-14/h5-13,20H,2-4H2,1H3,(H,25,26)/b16-13+. The highest BCUT2D eigenvalue weighted by atomic mass is 79.9. The van der Waals surface area contributed by atoms with E-state index < -0.39 is 0 Å². The summed E-state index contributed by atoms with van der Waals surface area (Å²) < 4.78 is 2.21. The number of rotatable bonds is 2. The van der Waals surface area contributed by atoms with Crippen molar-refractivity contribution in [1.82, 2.24) is 5.32 Å². The van der Waals surface area contributed by atoms with Gasteiger partial charge in [0.15, 0.2) is 5.17 Å². The minimum Gasteiger partial charge on any atom is -0.335 e. The van der Waals surface area contributed by atoms with Gasteiger partial charge in [0.05, 0.1) is 0 Å². The van der Waals surface area contributed by atoms with Crippen LogP contribution < -0.4 is 5.32 Å². The second-order valence-corrected chi connectivity index (χ2v) is 9.32. The van der Waals surface area contributed by atoms with Crippen molar-refractivity contribution in [2.45, 2.75) is 25.3 Å². The smallest absolute Gasteiger partial charge is 0.161 e. The lowest BCUT2D eigenvalue weighted by atomic mass is 9.84. The van der Waals surface area contributed by atoms with E-state index in [1.807, 2.05) is 0 Å². The van der Waals surface area contributed by atoms with E-state index in [-0.39, 0.29) is 6.04 Å². The Morgan fingerprint density at radius 2 is 1.67 bits per heavy atom. The van der Waals surface area contributed by atoms with E-state index in [2.05, 4.69) is 98.0 Å². The molecule has 2 aliphatic rings. The normalized spacial score (nSPS) is 20.9. The number of hydrogen-bond donors (Lipinski definition) is 1. The predicted octanol–water partition coefficient (Wildman–Crippen LogP) is 7.10. The molecule has 27 heavy (non-hydrogen) atoms. The highest BCUT2D eigenvalue weighted by Gasteiger charge is 2.29. The molecule has 0 spiro atoms. The van der Waals surface area contributed by atoms with Crippen molar-refractivity contribution in [3.63, 3.8) is 0 Å². The molecule has 5 heteroatoms. The lowest BCUT2D eigenvalue weighted by Gasteiger charge is -2.32. The average Bonchev–Trinajstić information content (AvgIpc) is 2.70. The Hall–Kier alpha value is -1.30. The van der Waals surface area contributed by atoms with Crippen LogP contribution in [0, 0.1) is 0 Å². The second-order valence-electron chi connectivity index (χ2n) is 6.69. The molecule has 1 unspecified atom stereocenters. The largest absolute Gasteiger partial charge is 0.335 e. The van der Waals surface area contributed by atoms with Crippen LogP contribution in [0.1, 0.15) is 36.4 Å². The summed E-state index contributed by atoms with van der Waals surface area (Å²) in [7, 11) is 0. The molecule has 2 aromatic carbocycles. The van der Waals surface area contributed by atoms with Gasteiger partial charge in [0.25, 0.3) is 0 Å². The van der Waals surface area contributed by atoms with Crippen molar-refractivity contribution < 1.29 is 0 Å². The minimum atomic E-state index is 0.102. The number of thioether (sulfide) groups is 1. The number of amidine groups is 1. The third-order valence-corrected chi connectivity index (χ3v) is 6.58. The quantitative estimate of drug-likeness (QED) is 0.472. The molecule has 1 atom stereocenters. The molecule has 0 fully saturated rings. The van der Waals surface area contributed by atoms with Gasteiger partial charge >= 0.3 is 0 Å². The Kier molecular flexibility index (Phi) is 5.90. The van der Waals surface area contributed by atoms with Gasteiger partial charge < -0.3 is 5.32 Å². The summed E-state index contributed by atoms with van der Waals surface area (Å²) in [4.78, 5) is 5.00. The Balaban J connectivity index is 1.76. The lowest BCUT2D eigenvalue weighted by molar-refractivity contribution is 0.659. The second kappa shape index (κ2) is 8.38. The van der Waals surface area contributed by atoms with Gasteiger partial charge in [0.1, 0.15) is 6.04 Å². The van der Waals surface area contributed by atoms with E-state index >= 15 is 0 Å². The Morgan fingerprint density at radius 1 is 1.00 bits per heavy atom. The number of halogens is 2.